The zero-order valence-corrected chi connectivity index (χ0v) is 24.6. The van der Waals surface area contributed by atoms with Crippen LogP contribution in [0.4, 0.5) is 0 Å². The van der Waals surface area contributed by atoms with Gasteiger partial charge in [0.25, 0.3) is 0 Å². The number of imidazole rings is 1. The van der Waals surface area contributed by atoms with Crippen molar-refractivity contribution in [2.24, 2.45) is 0 Å². The molecule has 0 atom stereocenters. The number of esters is 1. The van der Waals surface area contributed by atoms with Gasteiger partial charge in [0.15, 0.2) is 5.69 Å². The van der Waals surface area contributed by atoms with Crippen molar-refractivity contribution in [2.75, 3.05) is 13.7 Å². The van der Waals surface area contributed by atoms with Crippen molar-refractivity contribution in [3.05, 3.63) is 71.8 Å². The number of methoxy groups -OCH3 is 1. The molecule has 0 N–H and O–H groups in total. The lowest BCUT2D eigenvalue weighted by Crippen LogP contribution is -2.22. The topological polar surface area (TPSA) is 92.0 Å². The lowest BCUT2D eigenvalue weighted by molar-refractivity contribution is 0.0595. The average Bonchev–Trinajstić information content (AvgIpc) is 3.57. The molecule has 0 saturated carbocycles. The maximum Gasteiger partial charge on any atom is 0.357 e. The summed E-state index contributed by atoms with van der Waals surface area (Å²) < 4.78 is 12.9. The van der Waals surface area contributed by atoms with E-state index in [0.717, 1.165) is 57.5 Å². The van der Waals surface area contributed by atoms with Crippen LogP contribution < -0.4 is 0 Å². The van der Waals surface area contributed by atoms with E-state index in [2.05, 4.69) is 35.7 Å². The first kappa shape index (κ1) is 26.9. The van der Waals surface area contributed by atoms with Crippen molar-refractivity contribution < 1.29 is 14.3 Å². The summed E-state index contributed by atoms with van der Waals surface area (Å²) >= 11 is 1.38. The molecule has 0 aliphatic heterocycles. The summed E-state index contributed by atoms with van der Waals surface area (Å²) in [5.41, 5.74) is 6.47. The van der Waals surface area contributed by atoms with Gasteiger partial charge in [0, 0.05) is 48.5 Å². The number of aromatic nitrogens is 5. The first-order valence-corrected chi connectivity index (χ1v) is 17.3. The van der Waals surface area contributed by atoms with Crippen LogP contribution in [0.5, 0.6) is 0 Å². The molecule has 200 valence electrons. The summed E-state index contributed by atoms with van der Waals surface area (Å²) in [4.78, 5) is 30.5. The summed E-state index contributed by atoms with van der Waals surface area (Å²) in [5.74, 6) is -0.453. The second-order valence-corrected chi connectivity index (χ2v) is 17.1. The van der Waals surface area contributed by atoms with Crippen molar-refractivity contribution in [1.29, 1.82) is 0 Å². The standard InChI is InChI=1S/C29H31N5O3SSi/c1-19-7-6-8-24(32-19)27-26(31-17-34(27)18-37-11-12-39(3,4)5)20-9-10-23-21(13-20)14-22(15-30-23)28-33-25(16-38-28)29(35)36-2/h6-10,13-17H,11-12,18H2,1-5H3. The fourth-order valence-corrected chi connectivity index (χ4v) is 5.70. The van der Waals surface area contributed by atoms with Gasteiger partial charge in [0.2, 0.25) is 0 Å². The molecule has 0 spiro atoms. The first-order valence-electron chi connectivity index (χ1n) is 12.7. The Hall–Kier alpha value is -3.73. The molecule has 0 amide bonds. The minimum Gasteiger partial charge on any atom is -0.464 e. The molecule has 4 aromatic heterocycles. The van der Waals surface area contributed by atoms with Gasteiger partial charge in [0.1, 0.15) is 11.7 Å². The number of carbonyl (C=O) groups excluding carboxylic acids is 1. The molecule has 8 nitrogen and oxygen atoms in total. The summed E-state index contributed by atoms with van der Waals surface area (Å²) in [7, 11) is 0.165. The molecule has 10 heteroatoms. The molecule has 0 bridgehead atoms. The maximum absolute atomic E-state index is 11.9. The van der Waals surface area contributed by atoms with E-state index in [1.165, 1.54) is 18.4 Å². The fraction of sp³-hybridized carbons (Fsp3) is 0.276. The van der Waals surface area contributed by atoms with Crippen molar-refractivity contribution in [2.45, 2.75) is 39.3 Å². The van der Waals surface area contributed by atoms with Crippen LogP contribution in [0.15, 0.2) is 60.4 Å². The Bertz CT molecular complexity index is 1640. The largest absolute Gasteiger partial charge is 0.464 e. The smallest absolute Gasteiger partial charge is 0.357 e. The van der Waals surface area contributed by atoms with Gasteiger partial charge in [-0.1, -0.05) is 31.8 Å². The number of ether oxygens (including phenoxy) is 2. The molecule has 5 rings (SSSR count). The predicted molar refractivity (Wildman–Crippen MR) is 157 cm³/mol. The molecule has 1 aromatic carbocycles. The van der Waals surface area contributed by atoms with E-state index in [0.29, 0.717) is 17.4 Å². The van der Waals surface area contributed by atoms with Crippen molar-refractivity contribution in [3.8, 4) is 33.2 Å². The number of rotatable bonds is 9. The zero-order chi connectivity index (χ0) is 27.6. The van der Waals surface area contributed by atoms with Crippen LogP contribution in [0.25, 0.3) is 44.1 Å². The number of pyridine rings is 2. The fourth-order valence-electron chi connectivity index (χ4n) is 4.18. The maximum atomic E-state index is 11.9. The summed E-state index contributed by atoms with van der Waals surface area (Å²) in [6, 6.07) is 15.3. The van der Waals surface area contributed by atoms with Gasteiger partial charge in [-0.25, -0.2) is 14.8 Å². The summed E-state index contributed by atoms with van der Waals surface area (Å²) in [6.45, 7) is 10.2. The number of thiazole rings is 1. The number of fused-ring (bicyclic) bond motifs is 1. The first-order chi connectivity index (χ1) is 18.7. The minimum atomic E-state index is -1.18. The predicted octanol–water partition coefficient (Wildman–Crippen LogP) is 6.69. The van der Waals surface area contributed by atoms with Crippen LogP contribution in [0.3, 0.4) is 0 Å². The second-order valence-electron chi connectivity index (χ2n) is 10.6. The molecule has 39 heavy (non-hydrogen) atoms. The minimum absolute atomic E-state index is 0.291. The monoisotopic (exact) mass is 557 g/mol. The molecule has 0 radical (unpaired) electrons. The number of hydrogen-bond acceptors (Lipinski definition) is 8. The molecule has 5 aromatic rings. The third-order valence-corrected chi connectivity index (χ3v) is 8.89. The van der Waals surface area contributed by atoms with Crippen LogP contribution in [-0.2, 0) is 16.2 Å². The van der Waals surface area contributed by atoms with Gasteiger partial charge in [-0.05, 0) is 43.3 Å². The van der Waals surface area contributed by atoms with Crippen LogP contribution in [0.1, 0.15) is 16.2 Å². The Morgan fingerprint density at radius 1 is 1.05 bits per heavy atom. The van der Waals surface area contributed by atoms with Crippen molar-refractivity contribution in [3.63, 3.8) is 0 Å². The average molecular weight is 558 g/mol. The van der Waals surface area contributed by atoms with Gasteiger partial charge < -0.3 is 14.0 Å². The van der Waals surface area contributed by atoms with E-state index in [1.807, 2.05) is 54.2 Å². The molecule has 0 aliphatic carbocycles. The van der Waals surface area contributed by atoms with Gasteiger partial charge in [-0.15, -0.1) is 11.3 Å². The van der Waals surface area contributed by atoms with Crippen molar-refractivity contribution >= 4 is 36.3 Å². The Balaban J connectivity index is 1.51. The Morgan fingerprint density at radius 3 is 2.64 bits per heavy atom. The number of hydrogen-bond donors (Lipinski definition) is 0. The Kier molecular flexibility index (Phi) is 7.69. The van der Waals surface area contributed by atoms with Gasteiger partial charge in [0.05, 0.1) is 36.0 Å². The number of carbonyl (C=O) groups is 1. The van der Waals surface area contributed by atoms with Crippen LogP contribution in [0.2, 0.25) is 25.7 Å². The highest BCUT2D eigenvalue weighted by atomic mass is 32.1. The highest BCUT2D eigenvalue weighted by Crippen LogP contribution is 2.33. The van der Waals surface area contributed by atoms with Crippen molar-refractivity contribution in [1.82, 2.24) is 24.5 Å². The molecule has 0 aliphatic rings. The normalized spacial score (nSPS) is 11.7. The van der Waals surface area contributed by atoms with Crippen LogP contribution in [0, 0.1) is 6.92 Å². The molecule has 0 fully saturated rings. The lowest BCUT2D eigenvalue weighted by Gasteiger charge is -2.16. The molecular formula is C29H31N5O3SSi. The molecule has 0 saturated heterocycles. The van der Waals surface area contributed by atoms with E-state index >= 15 is 0 Å². The van der Waals surface area contributed by atoms with Crippen LogP contribution in [-0.4, -0.2) is 52.3 Å². The van der Waals surface area contributed by atoms with Gasteiger partial charge in [-0.2, -0.15) is 0 Å². The quantitative estimate of drug-likeness (QED) is 0.113. The Morgan fingerprint density at radius 2 is 1.87 bits per heavy atom. The highest BCUT2D eigenvalue weighted by Gasteiger charge is 2.19. The van der Waals surface area contributed by atoms with E-state index in [1.54, 1.807) is 11.6 Å². The molecular weight excluding hydrogens is 527 g/mol. The number of aryl methyl sites for hydroxylation is 1. The molecule has 0 unspecified atom stereocenters. The third kappa shape index (κ3) is 6.13. The third-order valence-electron chi connectivity index (χ3n) is 6.30. The molecule has 4 heterocycles. The Labute approximate surface area is 232 Å². The van der Waals surface area contributed by atoms with Gasteiger partial charge >= 0.3 is 5.97 Å². The van der Waals surface area contributed by atoms with E-state index in [-0.39, 0.29) is 0 Å². The summed E-state index contributed by atoms with van der Waals surface area (Å²) in [6.07, 6.45) is 3.60. The lowest BCUT2D eigenvalue weighted by atomic mass is 10.0. The number of nitrogens with zero attached hydrogens (tertiary/aromatic N) is 5. The second kappa shape index (κ2) is 11.2. The van der Waals surface area contributed by atoms with Gasteiger partial charge in [-0.3, -0.25) is 9.97 Å². The van der Waals surface area contributed by atoms with E-state index < -0.39 is 14.0 Å². The SMILES string of the molecule is COC(=O)c1csc(-c2cnc3ccc(-c4ncn(COCC[Si](C)(C)C)c4-c4cccc(C)n4)cc3c2)n1. The van der Waals surface area contributed by atoms with Crippen LogP contribution >= 0.6 is 11.3 Å². The summed E-state index contributed by atoms with van der Waals surface area (Å²) in [5, 5.41) is 3.35. The highest BCUT2D eigenvalue weighted by molar-refractivity contribution is 7.13. The zero-order valence-electron chi connectivity index (χ0n) is 22.8. The van der Waals surface area contributed by atoms with E-state index in [9.17, 15) is 4.79 Å². The van der Waals surface area contributed by atoms with E-state index in [4.69, 9.17) is 19.4 Å². The number of benzene rings is 1.